The van der Waals surface area contributed by atoms with Crippen molar-refractivity contribution >= 4 is 150 Å². The molecule has 6 aliphatic heterocycles. The summed E-state index contributed by atoms with van der Waals surface area (Å²) in [6.45, 7) is 14.4. The smallest absolute Gasteiger partial charge is 0.132 e. The highest BCUT2D eigenvalue weighted by molar-refractivity contribution is 9.08. The summed E-state index contributed by atoms with van der Waals surface area (Å²) >= 11 is 28.7. The van der Waals surface area contributed by atoms with Crippen LogP contribution in [0.2, 0.25) is 39.3 Å². The van der Waals surface area contributed by atoms with Crippen LogP contribution < -0.4 is 21.2 Å². The van der Waals surface area contributed by atoms with E-state index in [2.05, 4.69) is 120 Å². The van der Waals surface area contributed by atoms with Crippen molar-refractivity contribution in [3.8, 4) is 0 Å². The van der Waals surface area contributed by atoms with Crippen LogP contribution in [0.5, 0.6) is 0 Å². The molecule has 0 radical (unpaired) electrons. The molecule has 6 heterocycles. The van der Waals surface area contributed by atoms with Crippen LogP contribution in [0.25, 0.3) is 21.5 Å². The first-order valence-corrected chi connectivity index (χ1v) is 35.0. The molecule has 10 rings (SSSR count). The highest BCUT2D eigenvalue weighted by atomic mass is 33.3. The lowest BCUT2D eigenvalue weighted by Gasteiger charge is -2.61. The summed E-state index contributed by atoms with van der Waals surface area (Å²) in [7, 11) is -2.99. The molecule has 2 nitrogen and oxygen atoms in total. The summed E-state index contributed by atoms with van der Waals surface area (Å²) in [5, 5.41) is 4.41. The maximum absolute atomic E-state index is 6.19. The number of benzene rings is 4. The third-order valence-electron chi connectivity index (χ3n) is 7.58. The van der Waals surface area contributed by atoms with Gasteiger partial charge >= 0.3 is 0 Å². The molecule has 4 atom stereocenters. The molecule has 40 heavy (non-hydrogen) atoms. The Labute approximate surface area is 267 Å². The molecule has 0 amide bonds. The molecule has 0 N–H and O–H groups in total. The molecule has 0 saturated carbocycles. The standard InChI is InChI=1S/2C13H15NP2S3Si/c2*1-20(2,3)14-15(17)11-8-4-6-10-7-5-9-12(13(10)11)16(14,18)19-15/h2*4-9H,1-3H3/t2*15-,16+. The Kier molecular flexibility index (Phi) is 6.92. The van der Waals surface area contributed by atoms with E-state index in [9.17, 15) is 0 Å². The van der Waals surface area contributed by atoms with Crippen molar-refractivity contribution in [2.45, 2.75) is 39.3 Å². The van der Waals surface area contributed by atoms with Crippen molar-refractivity contribution in [2.24, 2.45) is 0 Å². The molecular weight excluding hydrogens is 713 g/mol. The molecule has 6 aliphatic rings. The summed E-state index contributed by atoms with van der Waals surface area (Å²) < 4.78 is 5.36. The Morgan fingerprint density at radius 2 is 0.725 bits per heavy atom. The van der Waals surface area contributed by atoms with Gasteiger partial charge in [0.15, 0.2) is 0 Å². The third kappa shape index (κ3) is 3.86. The van der Waals surface area contributed by atoms with Gasteiger partial charge in [-0.1, -0.05) is 159 Å². The third-order valence-corrected chi connectivity index (χ3v) is 63.7. The normalized spacial score (nSPS) is 32.1. The van der Waals surface area contributed by atoms with Crippen LogP contribution in [-0.2, 0) is 47.2 Å². The van der Waals surface area contributed by atoms with Crippen LogP contribution in [0.3, 0.4) is 0 Å². The summed E-state index contributed by atoms with van der Waals surface area (Å²) in [5.41, 5.74) is 0. The highest BCUT2D eigenvalue weighted by Gasteiger charge is 2.62. The summed E-state index contributed by atoms with van der Waals surface area (Å²) in [4.78, 5) is 0. The van der Waals surface area contributed by atoms with Gasteiger partial charge in [0, 0.05) is 32.0 Å². The second-order valence-corrected chi connectivity index (χ2v) is 51.6. The van der Waals surface area contributed by atoms with E-state index < -0.39 is 38.0 Å². The van der Waals surface area contributed by atoms with Crippen molar-refractivity contribution in [1.82, 2.24) is 8.21 Å². The molecule has 208 valence electrons. The zero-order chi connectivity index (χ0) is 28.7. The predicted octanol–water partition coefficient (Wildman–Crippen LogP) is 9.21. The monoisotopic (exact) mass is 742 g/mol. The van der Waals surface area contributed by atoms with Gasteiger partial charge in [0.05, 0.1) is 0 Å². The van der Waals surface area contributed by atoms with Gasteiger partial charge in [0.2, 0.25) is 0 Å². The predicted molar refractivity (Wildman–Crippen MR) is 209 cm³/mol. The van der Waals surface area contributed by atoms with Crippen LogP contribution in [0.4, 0.5) is 0 Å². The fourth-order valence-electron chi connectivity index (χ4n) is 6.40. The first-order valence-electron chi connectivity index (χ1n) is 13.1. The van der Waals surface area contributed by atoms with Crippen LogP contribution in [-0.4, -0.2) is 24.7 Å². The molecule has 0 unspecified atom stereocenters. The molecule has 2 saturated heterocycles. The quantitative estimate of drug-likeness (QED) is 0.146. The summed E-state index contributed by atoms with van der Waals surface area (Å²) in [5.74, 6) is 0. The van der Waals surface area contributed by atoms with Gasteiger partial charge in [0.25, 0.3) is 0 Å². The van der Waals surface area contributed by atoms with Crippen molar-refractivity contribution in [3.05, 3.63) is 72.8 Å². The van der Waals surface area contributed by atoms with E-state index in [0.717, 1.165) is 0 Å². The average Bonchev–Trinajstić information content (AvgIpc) is 2.82. The minimum atomic E-state index is -1.66. The number of rotatable bonds is 2. The molecule has 4 aromatic carbocycles. The number of nitrogens with zero attached hydrogens (tertiary/aromatic N) is 2. The summed E-state index contributed by atoms with van der Waals surface area (Å²) in [6, 6.07) is 26.4. The van der Waals surface area contributed by atoms with Gasteiger partial charge < -0.3 is 0 Å². The van der Waals surface area contributed by atoms with Gasteiger partial charge in [-0.3, -0.25) is 0 Å². The average molecular weight is 743 g/mol. The van der Waals surface area contributed by atoms with E-state index in [1.165, 1.54) is 42.8 Å². The van der Waals surface area contributed by atoms with Crippen molar-refractivity contribution in [2.75, 3.05) is 0 Å². The fourth-order valence-corrected chi connectivity index (χ4v) is 90.3. The molecule has 0 spiro atoms. The topological polar surface area (TPSA) is 6.48 Å². The van der Waals surface area contributed by atoms with Crippen molar-refractivity contribution < 1.29 is 0 Å². The molecular formula is C26H30N2P4S6Si2. The Balaban J connectivity index is 0.000000132. The van der Waals surface area contributed by atoms with E-state index in [0.29, 0.717) is 0 Å². The molecule has 4 aromatic rings. The van der Waals surface area contributed by atoms with Crippen LogP contribution in [0.15, 0.2) is 72.8 Å². The first kappa shape index (κ1) is 29.7. The Morgan fingerprint density at radius 1 is 0.475 bits per heavy atom. The van der Waals surface area contributed by atoms with Crippen LogP contribution in [0, 0.1) is 0 Å². The number of hydrogen-bond donors (Lipinski definition) is 0. The second-order valence-electron chi connectivity index (χ2n) is 12.5. The van der Waals surface area contributed by atoms with E-state index in [1.54, 1.807) is 0 Å². The molecule has 0 aromatic heterocycles. The Hall–Kier alpha value is 1.05. The van der Waals surface area contributed by atoms with Crippen LogP contribution >= 0.6 is 43.6 Å². The minimum absolute atomic E-state index is 1.32. The van der Waals surface area contributed by atoms with Gasteiger partial charge in [0.1, 0.15) is 38.0 Å². The fraction of sp³-hybridized carbons (Fsp3) is 0.231. The van der Waals surface area contributed by atoms with Crippen molar-refractivity contribution in [1.29, 1.82) is 0 Å². The van der Waals surface area contributed by atoms with Crippen molar-refractivity contribution in [3.63, 3.8) is 0 Å². The SMILES string of the molecule is C[Si](C)(C)N1[P@@]2(=S)S[P@]1(=S)c1cccc3cccc2c13.C[Si](C)(C)N1[P@@]2(=S)S[P@]1(=S)c1cccc3cccc2c13. The van der Waals surface area contributed by atoms with Gasteiger partial charge in [-0.2, -0.15) is 0 Å². The first-order chi connectivity index (χ1) is 18.6. The maximum atomic E-state index is 6.19. The van der Waals surface area contributed by atoms with Gasteiger partial charge in [-0.25, -0.2) is 8.21 Å². The molecule has 14 heteroatoms. The van der Waals surface area contributed by atoms with Gasteiger partial charge in [-0.05, 0) is 32.8 Å². The van der Waals surface area contributed by atoms with E-state index >= 15 is 0 Å². The zero-order valence-electron chi connectivity index (χ0n) is 23.1. The van der Waals surface area contributed by atoms with Crippen LogP contribution in [0.1, 0.15) is 0 Å². The lowest BCUT2D eigenvalue weighted by molar-refractivity contribution is 1.08. The second kappa shape index (κ2) is 9.30. The minimum Gasteiger partial charge on any atom is -0.245 e. The highest BCUT2D eigenvalue weighted by Crippen LogP contribution is 2.99. The lowest BCUT2D eigenvalue weighted by Crippen LogP contribution is -2.50. The zero-order valence-corrected chi connectivity index (χ0v) is 33.5. The maximum Gasteiger partial charge on any atom is 0.132 e. The van der Waals surface area contributed by atoms with Gasteiger partial charge in [-0.15, -0.1) is 0 Å². The Morgan fingerprint density at radius 3 is 0.950 bits per heavy atom. The molecule has 4 bridgehead atoms. The van der Waals surface area contributed by atoms with E-state index in [1.807, 2.05) is 22.0 Å². The Bertz CT molecular complexity index is 1740. The largest absolute Gasteiger partial charge is 0.245 e. The number of hydrogen-bond acceptors (Lipinski definition) is 6. The molecule has 2 fully saturated rings. The summed E-state index contributed by atoms with van der Waals surface area (Å²) in [6.07, 6.45) is 0. The van der Waals surface area contributed by atoms with E-state index in [-0.39, 0.29) is 0 Å². The van der Waals surface area contributed by atoms with E-state index in [4.69, 9.17) is 47.2 Å². The molecule has 0 aliphatic carbocycles. The lowest BCUT2D eigenvalue weighted by atomic mass is 10.1.